The third-order valence-electron chi connectivity index (χ3n) is 2.77. The van der Waals surface area contributed by atoms with Crippen LogP contribution < -0.4 is 16.6 Å². The number of amides is 3. The van der Waals surface area contributed by atoms with E-state index in [0.717, 1.165) is 11.1 Å². The predicted octanol–water partition coefficient (Wildman–Crippen LogP) is 0.600. The smallest absolute Gasteiger partial charge is 0.327 e. The molecule has 0 aliphatic rings. The number of hydrogen-bond acceptors (Lipinski definition) is 3. The summed E-state index contributed by atoms with van der Waals surface area (Å²) in [5.74, 6) is -2.79. The predicted molar refractivity (Wildman–Crippen MR) is 76.7 cm³/mol. The average molecular weight is 283 g/mol. The molecule has 106 valence electrons. The molecule has 0 fully saturated rings. The van der Waals surface area contributed by atoms with Gasteiger partial charge in [0, 0.05) is 5.56 Å². The third kappa shape index (κ3) is 3.66. The normalized spacial score (nSPS) is 9.71. The van der Waals surface area contributed by atoms with Gasteiger partial charge in [-0.2, -0.15) is 0 Å². The molecule has 0 unspecified atom stereocenters. The van der Waals surface area contributed by atoms with Gasteiger partial charge in [0.15, 0.2) is 0 Å². The lowest BCUT2D eigenvalue weighted by Crippen LogP contribution is -2.47. The van der Waals surface area contributed by atoms with Crippen LogP contribution in [0.25, 0.3) is 11.1 Å². The lowest BCUT2D eigenvalue weighted by molar-refractivity contribution is -0.137. The molecule has 0 aromatic heterocycles. The summed E-state index contributed by atoms with van der Waals surface area (Å²) in [5.41, 5.74) is 11.1. The summed E-state index contributed by atoms with van der Waals surface area (Å²) in [4.78, 5) is 33.2. The van der Waals surface area contributed by atoms with Crippen molar-refractivity contribution < 1.29 is 14.4 Å². The molecule has 4 N–H and O–H groups in total. The molecular formula is C15H13N3O3. The SMILES string of the molecule is NC(=O)C(=O)NNC(=O)c1ccc(-c2ccccc2)cc1. The van der Waals surface area contributed by atoms with Crippen molar-refractivity contribution in [2.75, 3.05) is 0 Å². The number of nitrogens with one attached hydrogen (secondary N) is 2. The van der Waals surface area contributed by atoms with Crippen LogP contribution in [-0.2, 0) is 9.59 Å². The van der Waals surface area contributed by atoms with Crippen molar-refractivity contribution in [2.45, 2.75) is 0 Å². The highest BCUT2D eigenvalue weighted by molar-refractivity contribution is 6.34. The van der Waals surface area contributed by atoms with Gasteiger partial charge in [0.1, 0.15) is 0 Å². The minimum Gasteiger partial charge on any atom is -0.361 e. The maximum absolute atomic E-state index is 11.7. The van der Waals surface area contributed by atoms with Gasteiger partial charge in [0.25, 0.3) is 5.91 Å². The number of carbonyl (C=O) groups is 3. The molecular weight excluding hydrogens is 270 g/mol. The highest BCUT2D eigenvalue weighted by Crippen LogP contribution is 2.19. The number of hydrazine groups is 1. The minimum atomic E-state index is -1.17. The Hall–Kier alpha value is -3.15. The van der Waals surface area contributed by atoms with Gasteiger partial charge >= 0.3 is 11.8 Å². The molecule has 21 heavy (non-hydrogen) atoms. The van der Waals surface area contributed by atoms with Crippen molar-refractivity contribution in [1.82, 2.24) is 10.9 Å². The number of carbonyl (C=O) groups excluding carboxylic acids is 3. The Morgan fingerprint density at radius 1 is 0.762 bits per heavy atom. The summed E-state index contributed by atoms with van der Waals surface area (Å²) in [5, 5.41) is 0. The molecule has 0 spiro atoms. The van der Waals surface area contributed by atoms with Crippen molar-refractivity contribution in [3.05, 3.63) is 60.2 Å². The van der Waals surface area contributed by atoms with Crippen molar-refractivity contribution in [2.24, 2.45) is 5.73 Å². The molecule has 2 aromatic rings. The van der Waals surface area contributed by atoms with Crippen LogP contribution in [0.1, 0.15) is 10.4 Å². The molecule has 0 atom stereocenters. The van der Waals surface area contributed by atoms with Gasteiger partial charge in [0.2, 0.25) is 0 Å². The molecule has 0 saturated heterocycles. The van der Waals surface area contributed by atoms with E-state index in [1.54, 1.807) is 24.3 Å². The first-order chi connectivity index (χ1) is 10.1. The second-order valence-electron chi connectivity index (χ2n) is 4.22. The fourth-order valence-electron chi connectivity index (χ4n) is 1.69. The minimum absolute atomic E-state index is 0.347. The van der Waals surface area contributed by atoms with E-state index in [4.69, 9.17) is 5.73 Å². The Morgan fingerprint density at radius 3 is 1.90 bits per heavy atom. The van der Waals surface area contributed by atoms with Crippen LogP contribution >= 0.6 is 0 Å². The Morgan fingerprint density at radius 2 is 1.33 bits per heavy atom. The standard InChI is InChI=1S/C15H13N3O3/c16-13(19)15(21)18-17-14(20)12-8-6-11(7-9-12)10-4-2-1-3-5-10/h1-9H,(H2,16,19)(H,17,20)(H,18,21). The Kier molecular flexibility index (Phi) is 4.30. The van der Waals surface area contributed by atoms with Crippen LogP contribution in [0.5, 0.6) is 0 Å². The molecule has 0 heterocycles. The van der Waals surface area contributed by atoms with Crippen molar-refractivity contribution in [3.63, 3.8) is 0 Å². The number of nitrogens with two attached hydrogens (primary N) is 1. The summed E-state index contributed by atoms with van der Waals surface area (Å²) >= 11 is 0. The zero-order valence-electron chi connectivity index (χ0n) is 11.0. The quantitative estimate of drug-likeness (QED) is 0.555. The number of primary amides is 1. The lowest BCUT2D eigenvalue weighted by Gasteiger charge is -2.06. The van der Waals surface area contributed by atoms with Crippen molar-refractivity contribution >= 4 is 17.7 Å². The van der Waals surface area contributed by atoms with Gasteiger partial charge in [-0.15, -0.1) is 0 Å². The summed E-state index contributed by atoms with van der Waals surface area (Å²) in [6.45, 7) is 0. The van der Waals surface area contributed by atoms with E-state index in [1.807, 2.05) is 35.8 Å². The molecule has 0 radical (unpaired) electrons. The average Bonchev–Trinajstić information content (AvgIpc) is 2.53. The number of benzene rings is 2. The maximum atomic E-state index is 11.7. The molecule has 2 aromatic carbocycles. The summed E-state index contributed by atoms with van der Waals surface area (Å²) in [7, 11) is 0. The van der Waals surface area contributed by atoms with Crippen LogP contribution in [0, 0.1) is 0 Å². The van der Waals surface area contributed by atoms with Gasteiger partial charge < -0.3 is 5.73 Å². The Bertz CT molecular complexity index is 666. The molecule has 0 aliphatic carbocycles. The first-order valence-electron chi connectivity index (χ1n) is 6.13. The number of hydrogen-bond donors (Lipinski definition) is 3. The highest BCUT2D eigenvalue weighted by Gasteiger charge is 2.11. The van der Waals surface area contributed by atoms with E-state index < -0.39 is 17.7 Å². The lowest BCUT2D eigenvalue weighted by atomic mass is 10.0. The van der Waals surface area contributed by atoms with E-state index in [-0.39, 0.29) is 0 Å². The van der Waals surface area contributed by atoms with Crippen LogP contribution in [0.3, 0.4) is 0 Å². The monoisotopic (exact) mass is 283 g/mol. The summed E-state index contributed by atoms with van der Waals surface area (Å²) in [6.07, 6.45) is 0. The van der Waals surface area contributed by atoms with Crippen molar-refractivity contribution in [3.8, 4) is 11.1 Å². The van der Waals surface area contributed by atoms with Crippen LogP contribution in [0.4, 0.5) is 0 Å². The van der Waals surface area contributed by atoms with E-state index in [0.29, 0.717) is 5.56 Å². The van der Waals surface area contributed by atoms with Crippen molar-refractivity contribution in [1.29, 1.82) is 0 Å². The molecule has 0 aliphatic heterocycles. The molecule has 6 nitrogen and oxygen atoms in total. The first kappa shape index (κ1) is 14.3. The zero-order valence-corrected chi connectivity index (χ0v) is 11.0. The number of rotatable bonds is 2. The van der Waals surface area contributed by atoms with Crippen LogP contribution in [-0.4, -0.2) is 17.7 Å². The summed E-state index contributed by atoms with van der Waals surface area (Å²) < 4.78 is 0. The first-order valence-corrected chi connectivity index (χ1v) is 6.13. The van der Waals surface area contributed by atoms with E-state index in [1.165, 1.54) is 0 Å². The van der Waals surface area contributed by atoms with Crippen LogP contribution in [0.2, 0.25) is 0 Å². The molecule has 3 amide bonds. The molecule has 2 rings (SSSR count). The Labute approximate surface area is 120 Å². The zero-order chi connectivity index (χ0) is 15.2. The second-order valence-corrected chi connectivity index (χ2v) is 4.22. The van der Waals surface area contributed by atoms with Gasteiger partial charge in [-0.25, -0.2) is 0 Å². The third-order valence-corrected chi connectivity index (χ3v) is 2.77. The fourth-order valence-corrected chi connectivity index (χ4v) is 1.69. The molecule has 0 saturated carbocycles. The van der Waals surface area contributed by atoms with E-state index in [9.17, 15) is 14.4 Å². The Balaban J connectivity index is 2.04. The largest absolute Gasteiger partial charge is 0.361 e. The van der Waals surface area contributed by atoms with Gasteiger partial charge in [-0.1, -0.05) is 42.5 Å². The maximum Gasteiger partial charge on any atom is 0.327 e. The summed E-state index contributed by atoms with van der Waals surface area (Å²) in [6, 6.07) is 16.5. The molecule has 6 heteroatoms. The molecule has 0 bridgehead atoms. The van der Waals surface area contributed by atoms with Gasteiger partial charge in [-0.05, 0) is 23.3 Å². The van der Waals surface area contributed by atoms with Gasteiger partial charge in [0.05, 0.1) is 0 Å². The second kappa shape index (κ2) is 6.33. The van der Waals surface area contributed by atoms with E-state index in [2.05, 4.69) is 5.43 Å². The fraction of sp³-hybridized carbons (Fsp3) is 0. The topological polar surface area (TPSA) is 101 Å². The van der Waals surface area contributed by atoms with Crippen LogP contribution in [0.15, 0.2) is 54.6 Å². The van der Waals surface area contributed by atoms with Gasteiger partial charge in [-0.3, -0.25) is 25.2 Å². The highest BCUT2D eigenvalue weighted by atomic mass is 16.2. The van der Waals surface area contributed by atoms with E-state index >= 15 is 0 Å².